The van der Waals surface area contributed by atoms with Crippen LogP contribution >= 0.6 is 11.3 Å². The predicted octanol–water partition coefficient (Wildman–Crippen LogP) is 4.47. The molecule has 1 aromatic carbocycles. The second kappa shape index (κ2) is 6.32. The van der Waals surface area contributed by atoms with E-state index in [0.29, 0.717) is 6.73 Å². The summed E-state index contributed by atoms with van der Waals surface area (Å²) >= 11 is 1.67. The highest BCUT2D eigenvalue weighted by atomic mass is 32.1. The van der Waals surface area contributed by atoms with Crippen LogP contribution in [-0.2, 0) is 11.5 Å². The van der Waals surface area contributed by atoms with Crippen LogP contribution in [0.5, 0.6) is 0 Å². The molecule has 0 unspecified atom stereocenters. The van der Waals surface area contributed by atoms with Crippen LogP contribution in [0, 0.1) is 0 Å². The van der Waals surface area contributed by atoms with Crippen LogP contribution in [0.25, 0.3) is 20.9 Å². The molecule has 0 atom stereocenters. The fraction of sp³-hybridized carbons (Fsp3) is 0.375. The molecule has 116 valence electrons. The third-order valence-corrected chi connectivity index (χ3v) is 6.14. The molecule has 0 saturated heterocycles. The molecule has 6 heteroatoms. The minimum absolute atomic E-state index is 0.509. The van der Waals surface area contributed by atoms with Gasteiger partial charge in [-0.1, -0.05) is 31.8 Å². The normalized spacial score (nSPS) is 12.1. The van der Waals surface area contributed by atoms with Gasteiger partial charge in [0.2, 0.25) is 0 Å². The fourth-order valence-electron chi connectivity index (χ4n) is 2.07. The Balaban J connectivity index is 1.63. The van der Waals surface area contributed by atoms with E-state index in [1.54, 1.807) is 11.3 Å². The molecule has 0 fully saturated rings. The SMILES string of the molecule is C[Si](C)(C)CCOCn1ccc(-c2nc3ccccc3s2)n1. The average Bonchev–Trinajstić information content (AvgIpc) is 3.08. The highest BCUT2D eigenvalue weighted by molar-refractivity contribution is 7.21. The molecular formula is C16H21N3OSSi. The number of para-hydroxylation sites is 1. The molecule has 0 bridgehead atoms. The Labute approximate surface area is 135 Å². The molecule has 3 rings (SSSR count). The van der Waals surface area contributed by atoms with Crippen molar-refractivity contribution in [2.45, 2.75) is 32.4 Å². The number of rotatable bonds is 6. The first-order valence-corrected chi connectivity index (χ1v) is 12.0. The van der Waals surface area contributed by atoms with Gasteiger partial charge in [-0.05, 0) is 24.2 Å². The summed E-state index contributed by atoms with van der Waals surface area (Å²) in [4.78, 5) is 4.63. The Kier molecular flexibility index (Phi) is 4.42. The fourth-order valence-corrected chi connectivity index (χ4v) is 3.75. The summed E-state index contributed by atoms with van der Waals surface area (Å²) < 4.78 is 8.75. The number of thiazole rings is 1. The number of hydrogen-bond donors (Lipinski definition) is 0. The lowest BCUT2D eigenvalue weighted by molar-refractivity contribution is 0.0787. The minimum atomic E-state index is -1.02. The van der Waals surface area contributed by atoms with Crippen molar-refractivity contribution in [2.75, 3.05) is 6.61 Å². The lowest BCUT2D eigenvalue weighted by Crippen LogP contribution is -2.22. The van der Waals surface area contributed by atoms with Gasteiger partial charge in [0.05, 0.1) is 10.2 Å². The number of benzene rings is 1. The van der Waals surface area contributed by atoms with Gasteiger partial charge in [0.25, 0.3) is 0 Å². The van der Waals surface area contributed by atoms with Crippen LogP contribution in [0.2, 0.25) is 25.7 Å². The maximum atomic E-state index is 5.72. The lowest BCUT2D eigenvalue weighted by Gasteiger charge is -2.15. The van der Waals surface area contributed by atoms with Crippen LogP contribution in [0.1, 0.15) is 0 Å². The van der Waals surface area contributed by atoms with E-state index >= 15 is 0 Å². The van der Waals surface area contributed by atoms with Crippen LogP contribution < -0.4 is 0 Å². The second-order valence-corrected chi connectivity index (χ2v) is 13.2. The predicted molar refractivity (Wildman–Crippen MR) is 94.9 cm³/mol. The van der Waals surface area contributed by atoms with Crippen molar-refractivity contribution in [3.8, 4) is 10.7 Å². The van der Waals surface area contributed by atoms with Gasteiger partial charge < -0.3 is 4.74 Å². The first-order chi connectivity index (χ1) is 10.5. The standard InChI is InChI=1S/C16H21N3OSSi/c1-22(2,3)11-10-20-12-19-9-8-14(18-19)16-17-13-6-4-5-7-15(13)21-16/h4-9H,10-12H2,1-3H3. The van der Waals surface area contributed by atoms with Crippen molar-refractivity contribution in [1.29, 1.82) is 0 Å². The third kappa shape index (κ3) is 3.82. The van der Waals surface area contributed by atoms with E-state index in [9.17, 15) is 0 Å². The Morgan fingerprint density at radius 2 is 2.00 bits per heavy atom. The zero-order valence-corrected chi connectivity index (χ0v) is 15.1. The van der Waals surface area contributed by atoms with Gasteiger partial charge in [-0.2, -0.15) is 5.10 Å². The molecule has 4 nitrogen and oxygen atoms in total. The van der Waals surface area contributed by atoms with E-state index in [2.05, 4.69) is 35.8 Å². The van der Waals surface area contributed by atoms with Crippen molar-refractivity contribution in [3.63, 3.8) is 0 Å². The zero-order chi connectivity index (χ0) is 15.6. The molecule has 0 saturated carbocycles. The molecule has 0 aliphatic heterocycles. The average molecular weight is 332 g/mol. The molecule has 22 heavy (non-hydrogen) atoms. The summed E-state index contributed by atoms with van der Waals surface area (Å²) in [5.41, 5.74) is 1.94. The maximum absolute atomic E-state index is 5.72. The molecule has 0 N–H and O–H groups in total. The molecular weight excluding hydrogens is 310 g/mol. The number of nitrogens with zero attached hydrogens (tertiary/aromatic N) is 3. The quantitative estimate of drug-likeness (QED) is 0.494. The highest BCUT2D eigenvalue weighted by Gasteiger charge is 2.12. The molecule has 0 aliphatic carbocycles. The zero-order valence-electron chi connectivity index (χ0n) is 13.2. The van der Waals surface area contributed by atoms with Crippen LogP contribution in [0.3, 0.4) is 0 Å². The van der Waals surface area contributed by atoms with Gasteiger partial charge in [0, 0.05) is 20.9 Å². The van der Waals surface area contributed by atoms with Crippen molar-refractivity contribution in [2.24, 2.45) is 0 Å². The van der Waals surface area contributed by atoms with Crippen LogP contribution in [-0.4, -0.2) is 29.4 Å². The van der Waals surface area contributed by atoms with E-state index in [1.807, 2.05) is 35.1 Å². The molecule has 0 radical (unpaired) electrons. The lowest BCUT2D eigenvalue weighted by atomic mass is 10.3. The third-order valence-electron chi connectivity index (χ3n) is 3.37. The van der Waals surface area contributed by atoms with E-state index in [1.165, 1.54) is 10.7 Å². The van der Waals surface area contributed by atoms with Gasteiger partial charge >= 0.3 is 0 Å². The number of ether oxygens (including phenoxy) is 1. The molecule has 3 aromatic rings. The van der Waals surface area contributed by atoms with E-state index in [0.717, 1.165) is 22.8 Å². The van der Waals surface area contributed by atoms with Crippen molar-refractivity contribution in [1.82, 2.24) is 14.8 Å². The topological polar surface area (TPSA) is 39.9 Å². The molecule has 0 aliphatic rings. The minimum Gasteiger partial charge on any atom is -0.360 e. The molecule has 2 heterocycles. The first-order valence-electron chi connectivity index (χ1n) is 7.48. The van der Waals surface area contributed by atoms with E-state index in [-0.39, 0.29) is 0 Å². The summed E-state index contributed by atoms with van der Waals surface area (Å²) in [6.07, 6.45) is 1.95. The summed E-state index contributed by atoms with van der Waals surface area (Å²) in [5, 5.41) is 5.52. The summed E-state index contributed by atoms with van der Waals surface area (Å²) in [5.74, 6) is 0. The van der Waals surface area contributed by atoms with Crippen molar-refractivity contribution >= 4 is 29.6 Å². The largest absolute Gasteiger partial charge is 0.360 e. The monoisotopic (exact) mass is 331 g/mol. The van der Waals surface area contributed by atoms with Crippen LogP contribution in [0.15, 0.2) is 36.5 Å². The van der Waals surface area contributed by atoms with Crippen molar-refractivity contribution in [3.05, 3.63) is 36.5 Å². The second-order valence-electron chi connectivity index (χ2n) is 6.58. The number of fused-ring (bicyclic) bond motifs is 1. The van der Waals surface area contributed by atoms with Gasteiger partial charge in [-0.15, -0.1) is 11.3 Å². The summed E-state index contributed by atoms with van der Waals surface area (Å²) in [6, 6.07) is 11.4. The summed E-state index contributed by atoms with van der Waals surface area (Å²) in [6.45, 7) is 8.39. The smallest absolute Gasteiger partial charge is 0.145 e. The Hall–Kier alpha value is -1.50. The van der Waals surface area contributed by atoms with Gasteiger partial charge in [0.15, 0.2) is 0 Å². The van der Waals surface area contributed by atoms with Crippen molar-refractivity contribution < 1.29 is 4.74 Å². The summed E-state index contributed by atoms with van der Waals surface area (Å²) in [7, 11) is -1.02. The Morgan fingerprint density at radius 1 is 1.18 bits per heavy atom. The Morgan fingerprint density at radius 3 is 2.77 bits per heavy atom. The molecule has 0 amide bonds. The van der Waals surface area contributed by atoms with E-state index in [4.69, 9.17) is 4.74 Å². The highest BCUT2D eigenvalue weighted by Crippen LogP contribution is 2.28. The first kappa shape index (κ1) is 15.4. The molecule has 2 aromatic heterocycles. The number of aromatic nitrogens is 3. The van der Waals surface area contributed by atoms with Gasteiger partial charge in [0.1, 0.15) is 17.4 Å². The van der Waals surface area contributed by atoms with Gasteiger partial charge in [-0.25, -0.2) is 9.67 Å². The maximum Gasteiger partial charge on any atom is 0.145 e. The molecule has 0 spiro atoms. The Bertz CT molecular complexity index is 727. The van der Waals surface area contributed by atoms with Crippen LogP contribution in [0.4, 0.5) is 0 Å². The van der Waals surface area contributed by atoms with E-state index < -0.39 is 8.07 Å². The number of hydrogen-bond acceptors (Lipinski definition) is 4. The van der Waals surface area contributed by atoms with Gasteiger partial charge in [-0.3, -0.25) is 0 Å².